The predicted molar refractivity (Wildman–Crippen MR) is 141 cm³/mol. The van der Waals surface area contributed by atoms with E-state index in [9.17, 15) is 4.79 Å². The normalized spacial score (nSPS) is 15.8. The first kappa shape index (κ1) is 24.0. The molecule has 2 aromatic carbocycles. The minimum atomic E-state index is -0.0895. The Morgan fingerprint density at radius 1 is 1.09 bits per heavy atom. The monoisotopic (exact) mass is 477 g/mol. The van der Waals surface area contributed by atoms with Crippen molar-refractivity contribution in [3.63, 3.8) is 0 Å². The lowest BCUT2D eigenvalue weighted by Crippen LogP contribution is -2.41. The average molecular weight is 478 g/mol. The van der Waals surface area contributed by atoms with Gasteiger partial charge in [-0.25, -0.2) is 0 Å². The van der Waals surface area contributed by atoms with E-state index in [-0.39, 0.29) is 11.8 Å². The molecule has 178 valence electrons. The number of carbonyl (C=O) groups excluding carboxylic acids is 1. The van der Waals surface area contributed by atoms with Gasteiger partial charge < -0.3 is 15.1 Å². The number of aromatic nitrogens is 2. The number of nitrogens with zero attached hydrogens (tertiary/aromatic N) is 4. The Morgan fingerprint density at radius 2 is 1.85 bits per heavy atom. The third-order valence-corrected chi connectivity index (χ3v) is 6.76. The van der Waals surface area contributed by atoms with Crippen molar-refractivity contribution >= 4 is 34.7 Å². The highest BCUT2D eigenvalue weighted by Gasteiger charge is 2.27. The zero-order valence-corrected chi connectivity index (χ0v) is 20.8. The number of amides is 1. The van der Waals surface area contributed by atoms with Gasteiger partial charge in [-0.15, -0.1) is 10.2 Å². The standard InChI is InChI=1S/C27H32ClN5O/c1-4-32(5-2)23-12-13-24(19(3)17-23)29-27(34)21-7-6-16-33(18-21)26-15-14-25(30-31-26)20-8-10-22(28)11-9-20/h8-15,17,21H,4-7,16,18H2,1-3H3,(H,29,34). The van der Waals surface area contributed by atoms with E-state index in [1.54, 1.807) is 0 Å². The average Bonchev–Trinajstić information content (AvgIpc) is 2.87. The number of hydrogen-bond acceptors (Lipinski definition) is 5. The minimum absolute atomic E-state index is 0.0640. The van der Waals surface area contributed by atoms with Crippen molar-refractivity contribution in [2.24, 2.45) is 5.92 Å². The highest BCUT2D eigenvalue weighted by atomic mass is 35.5. The summed E-state index contributed by atoms with van der Waals surface area (Å²) in [5.74, 6) is 0.775. The Morgan fingerprint density at radius 3 is 2.50 bits per heavy atom. The molecule has 2 heterocycles. The van der Waals surface area contributed by atoms with Gasteiger partial charge in [-0.3, -0.25) is 4.79 Å². The topological polar surface area (TPSA) is 61.4 Å². The molecule has 1 aliphatic rings. The zero-order valence-electron chi connectivity index (χ0n) is 20.1. The van der Waals surface area contributed by atoms with Crippen molar-refractivity contribution in [3.8, 4) is 11.3 Å². The van der Waals surface area contributed by atoms with Crippen LogP contribution in [0.25, 0.3) is 11.3 Å². The summed E-state index contributed by atoms with van der Waals surface area (Å²) in [6.07, 6.45) is 1.81. The summed E-state index contributed by atoms with van der Waals surface area (Å²) in [5.41, 5.74) is 4.92. The summed E-state index contributed by atoms with van der Waals surface area (Å²) in [5, 5.41) is 12.7. The van der Waals surface area contributed by atoms with Crippen LogP contribution in [0.15, 0.2) is 54.6 Å². The number of anilines is 3. The Labute approximate surface area is 206 Å². The molecular formula is C27H32ClN5O. The first-order chi connectivity index (χ1) is 16.5. The van der Waals surface area contributed by atoms with Crippen LogP contribution in [-0.4, -0.2) is 42.3 Å². The molecule has 34 heavy (non-hydrogen) atoms. The number of carbonyl (C=O) groups is 1. The van der Waals surface area contributed by atoms with E-state index in [4.69, 9.17) is 11.6 Å². The maximum absolute atomic E-state index is 13.1. The van der Waals surface area contributed by atoms with Gasteiger partial charge in [0.15, 0.2) is 5.82 Å². The Hall–Kier alpha value is -3.12. The lowest BCUT2D eigenvalue weighted by atomic mass is 9.96. The van der Waals surface area contributed by atoms with E-state index in [2.05, 4.69) is 51.3 Å². The van der Waals surface area contributed by atoms with E-state index in [1.165, 1.54) is 5.69 Å². The van der Waals surface area contributed by atoms with Crippen molar-refractivity contribution in [2.45, 2.75) is 33.6 Å². The molecule has 0 bridgehead atoms. The number of hydrogen-bond donors (Lipinski definition) is 1. The Bertz CT molecular complexity index is 1110. The van der Waals surface area contributed by atoms with Crippen LogP contribution in [0.4, 0.5) is 17.2 Å². The van der Waals surface area contributed by atoms with Crippen molar-refractivity contribution in [1.29, 1.82) is 0 Å². The molecule has 0 aliphatic carbocycles. The molecule has 1 unspecified atom stereocenters. The van der Waals surface area contributed by atoms with Crippen LogP contribution >= 0.6 is 11.6 Å². The van der Waals surface area contributed by atoms with E-state index in [0.717, 1.165) is 60.8 Å². The quantitative estimate of drug-likeness (QED) is 0.465. The molecule has 0 radical (unpaired) electrons. The van der Waals surface area contributed by atoms with Gasteiger partial charge in [0.1, 0.15) is 0 Å². The summed E-state index contributed by atoms with van der Waals surface area (Å²) < 4.78 is 0. The zero-order chi connectivity index (χ0) is 24.1. The fourth-order valence-electron chi connectivity index (χ4n) is 4.48. The lowest BCUT2D eigenvalue weighted by molar-refractivity contribution is -0.120. The maximum atomic E-state index is 13.1. The first-order valence-corrected chi connectivity index (χ1v) is 12.4. The van der Waals surface area contributed by atoms with Crippen LogP contribution < -0.4 is 15.1 Å². The van der Waals surface area contributed by atoms with Gasteiger partial charge in [-0.05, 0) is 81.6 Å². The number of halogens is 1. The third kappa shape index (κ3) is 5.50. The molecular weight excluding hydrogens is 446 g/mol. The van der Waals surface area contributed by atoms with Crippen LogP contribution in [0.5, 0.6) is 0 Å². The van der Waals surface area contributed by atoms with Crippen LogP contribution in [-0.2, 0) is 4.79 Å². The SMILES string of the molecule is CCN(CC)c1ccc(NC(=O)C2CCCN(c3ccc(-c4ccc(Cl)cc4)nn3)C2)c(C)c1. The van der Waals surface area contributed by atoms with Crippen molar-refractivity contribution in [3.05, 3.63) is 65.2 Å². The van der Waals surface area contributed by atoms with E-state index in [1.807, 2.05) is 49.4 Å². The molecule has 6 nitrogen and oxygen atoms in total. The summed E-state index contributed by atoms with van der Waals surface area (Å²) in [4.78, 5) is 17.6. The molecule has 1 saturated heterocycles. The predicted octanol–water partition coefficient (Wildman–Crippen LogP) is 5.81. The largest absolute Gasteiger partial charge is 0.372 e. The molecule has 0 spiro atoms. The lowest BCUT2D eigenvalue weighted by Gasteiger charge is -2.32. The minimum Gasteiger partial charge on any atom is -0.372 e. The van der Waals surface area contributed by atoms with Gasteiger partial charge in [-0.2, -0.15) is 0 Å². The molecule has 1 aliphatic heterocycles. The van der Waals surface area contributed by atoms with Gasteiger partial charge >= 0.3 is 0 Å². The molecule has 1 atom stereocenters. The molecule has 4 rings (SSSR count). The van der Waals surface area contributed by atoms with Crippen LogP contribution in [0.3, 0.4) is 0 Å². The van der Waals surface area contributed by atoms with Crippen molar-refractivity contribution in [2.75, 3.05) is 41.3 Å². The number of nitrogens with one attached hydrogen (secondary N) is 1. The number of benzene rings is 2. The molecule has 3 aromatic rings. The third-order valence-electron chi connectivity index (χ3n) is 6.50. The second-order valence-electron chi connectivity index (χ2n) is 8.73. The number of rotatable bonds is 7. The van der Waals surface area contributed by atoms with Gasteiger partial charge in [0, 0.05) is 48.1 Å². The highest BCUT2D eigenvalue weighted by Crippen LogP contribution is 2.27. The summed E-state index contributed by atoms with van der Waals surface area (Å²) in [6.45, 7) is 9.78. The van der Waals surface area contributed by atoms with Crippen LogP contribution in [0.1, 0.15) is 32.3 Å². The van der Waals surface area contributed by atoms with Gasteiger partial charge in [0.2, 0.25) is 5.91 Å². The van der Waals surface area contributed by atoms with E-state index in [0.29, 0.717) is 11.6 Å². The second kappa shape index (κ2) is 10.9. The summed E-state index contributed by atoms with van der Waals surface area (Å²) in [7, 11) is 0. The Kier molecular flexibility index (Phi) is 7.68. The van der Waals surface area contributed by atoms with Crippen LogP contribution in [0, 0.1) is 12.8 Å². The molecule has 7 heteroatoms. The fourth-order valence-corrected chi connectivity index (χ4v) is 4.60. The summed E-state index contributed by atoms with van der Waals surface area (Å²) in [6, 6.07) is 17.8. The van der Waals surface area contributed by atoms with Crippen LogP contribution in [0.2, 0.25) is 5.02 Å². The van der Waals surface area contributed by atoms with E-state index >= 15 is 0 Å². The highest BCUT2D eigenvalue weighted by molar-refractivity contribution is 6.30. The Balaban J connectivity index is 1.40. The summed E-state index contributed by atoms with van der Waals surface area (Å²) >= 11 is 5.98. The molecule has 1 amide bonds. The molecule has 1 N–H and O–H groups in total. The number of piperidine rings is 1. The van der Waals surface area contributed by atoms with E-state index < -0.39 is 0 Å². The number of aryl methyl sites for hydroxylation is 1. The first-order valence-electron chi connectivity index (χ1n) is 12.0. The van der Waals surface area contributed by atoms with Gasteiger partial charge in [-0.1, -0.05) is 23.7 Å². The molecule has 1 fully saturated rings. The van der Waals surface area contributed by atoms with Gasteiger partial charge in [0.25, 0.3) is 0 Å². The maximum Gasteiger partial charge on any atom is 0.229 e. The van der Waals surface area contributed by atoms with Gasteiger partial charge in [0.05, 0.1) is 11.6 Å². The molecule has 1 aromatic heterocycles. The smallest absolute Gasteiger partial charge is 0.229 e. The van der Waals surface area contributed by atoms with Crippen molar-refractivity contribution in [1.82, 2.24) is 10.2 Å². The fraction of sp³-hybridized carbons (Fsp3) is 0.370. The molecule has 0 saturated carbocycles. The second-order valence-corrected chi connectivity index (χ2v) is 9.17. The van der Waals surface area contributed by atoms with Crippen molar-refractivity contribution < 1.29 is 4.79 Å².